The Hall–Kier alpha value is -1.38. The van der Waals surface area contributed by atoms with Crippen LogP contribution in [0, 0.1) is 0 Å². The van der Waals surface area contributed by atoms with E-state index in [1.54, 1.807) is 0 Å². The van der Waals surface area contributed by atoms with Crippen molar-refractivity contribution in [3.8, 4) is 0 Å². The van der Waals surface area contributed by atoms with Gasteiger partial charge in [0.2, 0.25) is 0 Å². The molecule has 1 aliphatic rings. The summed E-state index contributed by atoms with van der Waals surface area (Å²) >= 11 is 0. The van der Waals surface area contributed by atoms with Crippen LogP contribution >= 0.6 is 0 Å². The summed E-state index contributed by atoms with van der Waals surface area (Å²) in [6.45, 7) is 2.24. The normalized spacial score (nSPS) is 12.6. The van der Waals surface area contributed by atoms with Crippen LogP contribution in [0.15, 0.2) is 28.5 Å². The molecule has 0 unspecified atom stereocenters. The van der Waals surface area contributed by atoms with Crippen molar-refractivity contribution in [3.05, 3.63) is 23.8 Å². The monoisotopic (exact) mass is 216 g/mol. The molecule has 1 radical (unpaired) electrons. The Morgan fingerprint density at radius 2 is 1.94 bits per heavy atom. The van der Waals surface area contributed by atoms with E-state index in [2.05, 4.69) is 28.8 Å². The summed E-state index contributed by atoms with van der Waals surface area (Å²) in [7, 11) is 0. The van der Waals surface area contributed by atoms with Crippen molar-refractivity contribution in [2.45, 2.75) is 45.4 Å². The highest BCUT2D eigenvalue weighted by molar-refractivity contribution is 5.66. The molecule has 0 fully saturated rings. The van der Waals surface area contributed by atoms with Gasteiger partial charge < -0.3 is 0 Å². The minimum atomic E-state index is 0.922. The maximum Gasteiger partial charge on any atom is 0.118 e. The van der Waals surface area contributed by atoms with Gasteiger partial charge in [-0.15, -0.1) is 10.5 Å². The first-order chi connectivity index (χ1) is 7.92. The van der Waals surface area contributed by atoms with Crippen LogP contribution in [0.5, 0.6) is 0 Å². The zero-order valence-corrected chi connectivity index (χ0v) is 9.82. The second kappa shape index (κ2) is 5.64. The number of fused-ring (bicyclic) bond motifs is 1. The molecule has 3 heteroatoms. The van der Waals surface area contributed by atoms with Crippen LogP contribution in [0.3, 0.4) is 0 Å². The quantitative estimate of drug-likeness (QED) is 0.630. The van der Waals surface area contributed by atoms with Crippen molar-refractivity contribution in [2.75, 3.05) is 0 Å². The SMILES string of the molecule is CCCCCCCc1cccc2c1N=N[N]2. The topological polar surface area (TPSA) is 38.8 Å². The van der Waals surface area contributed by atoms with Crippen LogP contribution in [0.25, 0.3) is 0 Å². The Labute approximate surface area is 96.9 Å². The fourth-order valence-corrected chi connectivity index (χ4v) is 2.01. The van der Waals surface area contributed by atoms with Crippen LogP contribution in [0.2, 0.25) is 0 Å². The summed E-state index contributed by atoms with van der Waals surface area (Å²) in [6, 6.07) is 6.15. The van der Waals surface area contributed by atoms with E-state index < -0.39 is 0 Å². The number of nitrogens with zero attached hydrogens (tertiary/aromatic N) is 3. The zero-order valence-electron chi connectivity index (χ0n) is 9.82. The van der Waals surface area contributed by atoms with Crippen molar-refractivity contribution in [2.24, 2.45) is 10.3 Å². The van der Waals surface area contributed by atoms with Crippen LogP contribution in [0.1, 0.15) is 44.6 Å². The van der Waals surface area contributed by atoms with E-state index in [0.29, 0.717) is 0 Å². The first-order valence-corrected chi connectivity index (χ1v) is 6.15. The van der Waals surface area contributed by atoms with E-state index in [4.69, 9.17) is 0 Å². The minimum Gasteiger partial charge on any atom is -0.128 e. The van der Waals surface area contributed by atoms with Gasteiger partial charge in [-0.25, -0.2) is 0 Å². The lowest BCUT2D eigenvalue weighted by atomic mass is 10.0. The molecule has 16 heavy (non-hydrogen) atoms. The smallest absolute Gasteiger partial charge is 0.118 e. The Morgan fingerprint density at radius 1 is 1.06 bits per heavy atom. The van der Waals surface area contributed by atoms with E-state index in [1.165, 1.54) is 37.7 Å². The van der Waals surface area contributed by atoms with Gasteiger partial charge in [-0.05, 0) is 29.7 Å². The lowest BCUT2D eigenvalue weighted by Gasteiger charge is -2.04. The van der Waals surface area contributed by atoms with Gasteiger partial charge in [0.05, 0.1) is 0 Å². The highest BCUT2D eigenvalue weighted by Crippen LogP contribution is 2.34. The third-order valence-corrected chi connectivity index (χ3v) is 2.95. The van der Waals surface area contributed by atoms with Gasteiger partial charge in [-0.3, -0.25) is 0 Å². The Morgan fingerprint density at radius 3 is 2.81 bits per heavy atom. The van der Waals surface area contributed by atoms with Crippen molar-refractivity contribution in [1.82, 2.24) is 5.43 Å². The van der Waals surface area contributed by atoms with E-state index in [1.807, 2.05) is 12.1 Å². The summed E-state index contributed by atoms with van der Waals surface area (Å²) in [6.07, 6.45) is 7.65. The van der Waals surface area contributed by atoms with Gasteiger partial charge in [-0.2, -0.15) is 0 Å². The van der Waals surface area contributed by atoms with Crippen molar-refractivity contribution >= 4 is 11.4 Å². The largest absolute Gasteiger partial charge is 0.128 e. The van der Waals surface area contributed by atoms with Crippen molar-refractivity contribution in [3.63, 3.8) is 0 Å². The molecule has 0 saturated heterocycles. The molecule has 0 aliphatic carbocycles. The van der Waals surface area contributed by atoms with Gasteiger partial charge in [0.1, 0.15) is 11.4 Å². The predicted molar refractivity (Wildman–Crippen MR) is 65.2 cm³/mol. The lowest BCUT2D eigenvalue weighted by Crippen LogP contribution is -1.88. The molecule has 2 rings (SSSR count). The molecule has 0 aromatic heterocycles. The molecule has 0 N–H and O–H groups in total. The minimum absolute atomic E-state index is 0.922. The number of benzene rings is 1. The van der Waals surface area contributed by atoms with Gasteiger partial charge in [0.25, 0.3) is 0 Å². The van der Waals surface area contributed by atoms with Gasteiger partial charge >= 0.3 is 0 Å². The number of hydrogen-bond acceptors (Lipinski definition) is 2. The van der Waals surface area contributed by atoms with Gasteiger partial charge in [0, 0.05) is 0 Å². The molecule has 0 bridgehead atoms. The number of unbranched alkanes of at least 4 members (excludes halogenated alkanes) is 4. The number of hydrogen-bond donors (Lipinski definition) is 0. The lowest BCUT2D eigenvalue weighted by molar-refractivity contribution is 0.632. The first kappa shape index (κ1) is 11.1. The molecule has 1 aromatic rings. The molecule has 85 valence electrons. The van der Waals surface area contributed by atoms with E-state index in [9.17, 15) is 0 Å². The number of aryl methyl sites for hydroxylation is 1. The average Bonchev–Trinajstić information content (AvgIpc) is 2.77. The second-order valence-electron chi connectivity index (χ2n) is 4.24. The Bertz CT molecular complexity index is 371. The van der Waals surface area contributed by atoms with Crippen LogP contribution in [-0.2, 0) is 6.42 Å². The standard InChI is InChI=1S/C13H18N3/c1-2-3-4-5-6-8-11-9-7-10-12-13(11)15-16-14-12/h7,9-10H,2-6,8H2,1H3. The third-order valence-electron chi connectivity index (χ3n) is 2.95. The Kier molecular flexibility index (Phi) is 3.91. The summed E-state index contributed by atoms with van der Waals surface area (Å²) < 4.78 is 0. The fourth-order valence-electron chi connectivity index (χ4n) is 2.01. The summed E-state index contributed by atoms with van der Waals surface area (Å²) in [5, 5.41) is 7.79. The molecule has 1 aromatic carbocycles. The van der Waals surface area contributed by atoms with Crippen LogP contribution in [0.4, 0.5) is 11.4 Å². The van der Waals surface area contributed by atoms with E-state index >= 15 is 0 Å². The fraction of sp³-hybridized carbons (Fsp3) is 0.538. The molecule has 1 heterocycles. The second-order valence-corrected chi connectivity index (χ2v) is 4.24. The third kappa shape index (κ3) is 2.60. The molecule has 0 saturated carbocycles. The predicted octanol–water partition coefficient (Wildman–Crippen LogP) is 4.45. The maximum absolute atomic E-state index is 4.07. The average molecular weight is 216 g/mol. The highest BCUT2D eigenvalue weighted by atomic mass is 15.5. The van der Waals surface area contributed by atoms with Crippen molar-refractivity contribution < 1.29 is 0 Å². The van der Waals surface area contributed by atoms with Crippen LogP contribution in [-0.4, -0.2) is 0 Å². The Balaban J connectivity index is 1.85. The molecule has 3 nitrogen and oxygen atoms in total. The molecular formula is C13H18N3. The summed E-state index contributed by atoms with van der Waals surface area (Å²) in [5.41, 5.74) is 7.17. The summed E-state index contributed by atoms with van der Waals surface area (Å²) in [4.78, 5) is 0. The zero-order chi connectivity index (χ0) is 11.2. The van der Waals surface area contributed by atoms with E-state index in [0.717, 1.165) is 17.8 Å². The molecule has 1 aliphatic heterocycles. The summed E-state index contributed by atoms with van der Waals surface area (Å²) in [5.74, 6) is 0. The van der Waals surface area contributed by atoms with Gasteiger partial charge in [-0.1, -0.05) is 44.7 Å². The van der Waals surface area contributed by atoms with Gasteiger partial charge in [0.15, 0.2) is 0 Å². The molecule has 0 spiro atoms. The molecule has 0 atom stereocenters. The number of rotatable bonds is 6. The highest BCUT2D eigenvalue weighted by Gasteiger charge is 2.12. The maximum atomic E-state index is 4.07. The molecule has 0 amide bonds. The first-order valence-electron chi connectivity index (χ1n) is 6.15. The van der Waals surface area contributed by atoms with Crippen LogP contribution < -0.4 is 5.43 Å². The molecular weight excluding hydrogens is 198 g/mol. The van der Waals surface area contributed by atoms with E-state index in [-0.39, 0.29) is 0 Å². The van der Waals surface area contributed by atoms with Crippen molar-refractivity contribution in [1.29, 1.82) is 0 Å².